The molecule has 0 fully saturated rings. The van der Waals surface area contributed by atoms with Gasteiger partial charge in [0, 0.05) is 12.5 Å². The van der Waals surface area contributed by atoms with Gasteiger partial charge in [-0.2, -0.15) is 0 Å². The molecule has 3 nitrogen and oxygen atoms in total. The van der Waals surface area contributed by atoms with Gasteiger partial charge in [-0.1, -0.05) is 27.2 Å². The van der Waals surface area contributed by atoms with E-state index in [2.05, 4.69) is 31.1 Å². The highest BCUT2D eigenvalue weighted by Crippen LogP contribution is 2.06. The molecule has 0 aliphatic carbocycles. The van der Waals surface area contributed by atoms with Crippen molar-refractivity contribution in [3.05, 3.63) is 17.8 Å². The van der Waals surface area contributed by atoms with E-state index >= 15 is 0 Å². The SMILES string of the molecule is CCCC(CC)NCc1ncc(CC)o1. The van der Waals surface area contributed by atoms with Crippen molar-refractivity contribution in [2.45, 2.75) is 59.0 Å². The molecule has 0 spiro atoms. The largest absolute Gasteiger partial charge is 0.444 e. The van der Waals surface area contributed by atoms with Crippen molar-refractivity contribution < 1.29 is 4.42 Å². The standard InChI is InChI=1S/C12H22N2O/c1-4-7-10(5-2)13-9-12-14-8-11(6-3)15-12/h8,10,13H,4-7,9H2,1-3H3. The second kappa shape index (κ2) is 6.62. The average molecular weight is 210 g/mol. The number of rotatable bonds is 7. The van der Waals surface area contributed by atoms with E-state index in [4.69, 9.17) is 4.42 Å². The van der Waals surface area contributed by atoms with Gasteiger partial charge in [-0.15, -0.1) is 0 Å². The molecule has 1 rings (SSSR count). The lowest BCUT2D eigenvalue weighted by molar-refractivity contribution is 0.397. The highest BCUT2D eigenvalue weighted by atomic mass is 16.4. The molecule has 1 unspecified atom stereocenters. The topological polar surface area (TPSA) is 38.1 Å². The van der Waals surface area contributed by atoms with Crippen LogP contribution in [0.3, 0.4) is 0 Å². The zero-order valence-corrected chi connectivity index (χ0v) is 10.0. The molecule has 1 aromatic rings. The molecule has 0 aliphatic rings. The molecule has 0 aromatic carbocycles. The van der Waals surface area contributed by atoms with E-state index in [0.29, 0.717) is 6.04 Å². The zero-order chi connectivity index (χ0) is 11.1. The summed E-state index contributed by atoms with van der Waals surface area (Å²) in [6.45, 7) is 7.24. The summed E-state index contributed by atoms with van der Waals surface area (Å²) in [5, 5.41) is 3.47. The summed E-state index contributed by atoms with van der Waals surface area (Å²) in [5.41, 5.74) is 0. The second-order valence-corrected chi connectivity index (χ2v) is 3.85. The van der Waals surface area contributed by atoms with Crippen LogP contribution in [0, 0.1) is 0 Å². The Hall–Kier alpha value is -0.830. The van der Waals surface area contributed by atoms with Gasteiger partial charge in [-0.25, -0.2) is 4.98 Å². The lowest BCUT2D eigenvalue weighted by Gasteiger charge is -2.14. The van der Waals surface area contributed by atoms with Gasteiger partial charge in [0.05, 0.1) is 12.7 Å². The smallest absolute Gasteiger partial charge is 0.208 e. The highest BCUT2D eigenvalue weighted by Gasteiger charge is 2.06. The minimum Gasteiger partial charge on any atom is -0.444 e. The molecule has 1 atom stereocenters. The Labute approximate surface area is 92.3 Å². The lowest BCUT2D eigenvalue weighted by Crippen LogP contribution is -2.27. The Morgan fingerprint density at radius 3 is 2.73 bits per heavy atom. The molecule has 0 bridgehead atoms. The molecular weight excluding hydrogens is 188 g/mol. The summed E-state index contributed by atoms with van der Waals surface area (Å²) < 4.78 is 5.53. The third kappa shape index (κ3) is 4.04. The maximum absolute atomic E-state index is 5.53. The first-order valence-electron chi connectivity index (χ1n) is 5.97. The van der Waals surface area contributed by atoms with E-state index in [1.807, 2.05) is 6.20 Å². The van der Waals surface area contributed by atoms with Crippen molar-refractivity contribution in [2.24, 2.45) is 0 Å². The second-order valence-electron chi connectivity index (χ2n) is 3.85. The number of aryl methyl sites for hydroxylation is 1. The fraction of sp³-hybridized carbons (Fsp3) is 0.750. The number of oxazole rings is 1. The van der Waals surface area contributed by atoms with Gasteiger partial charge in [0.1, 0.15) is 5.76 Å². The molecule has 0 radical (unpaired) electrons. The van der Waals surface area contributed by atoms with Gasteiger partial charge < -0.3 is 9.73 Å². The molecule has 3 heteroatoms. The third-order valence-corrected chi connectivity index (χ3v) is 2.62. The number of hydrogen-bond donors (Lipinski definition) is 1. The first-order valence-corrected chi connectivity index (χ1v) is 5.97. The van der Waals surface area contributed by atoms with E-state index in [0.717, 1.165) is 31.0 Å². The minimum atomic E-state index is 0.590. The van der Waals surface area contributed by atoms with Crippen LogP contribution in [-0.2, 0) is 13.0 Å². The van der Waals surface area contributed by atoms with Crippen LogP contribution in [0.2, 0.25) is 0 Å². The third-order valence-electron chi connectivity index (χ3n) is 2.62. The molecule has 0 saturated heterocycles. The molecule has 1 heterocycles. The molecular formula is C12H22N2O. The molecule has 86 valence electrons. The molecule has 0 saturated carbocycles. The van der Waals surface area contributed by atoms with E-state index in [1.54, 1.807) is 0 Å². The van der Waals surface area contributed by atoms with Crippen LogP contribution in [-0.4, -0.2) is 11.0 Å². The van der Waals surface area contributed by atoms with Gasteiger partial charge in [0.2, 0.25) is 5.89 Å². The maximum Gasteiger partial charge on any atom is 0.208 e. The van der Waals surface area contributed by atoms with Crippen LogP contribution in [0.15, 0.2) is 10.6 Å². The van der Waals surface area contributed by atoms with E-state index in [9.17, 15) is 0 Å². The predicted octanol–water partition coefficient (Wildman–Crippen LogP) is 2.91. The van der Waals surface area contributed by atoms with Crippen molar-refractivity contribution >= 4 is 0 Å². The zero-order valence-electron chi connectivity index (χ0n) is 10.0. The number of nitrogens with one attached hydrogen (secondary N) is 1. The Balaban J connectivity index is 2.34. The van der Waals surface area contributed by atoms with Crippen molar-refractivity contribution in [1.82, 2.24) is 10.3 Å². The quantitative estimate of drug-likeness (QED) is 0.752. The van der Waals surface area contributed by atoms with Crippen LogP contribution in [0.25, 0.3) is 0 Å². The first-order chi connectivity index (χ1) is 7.30. The average Bonchev–Trinajstić information content (AvgIpc) is 2.72. The first kappa shape index (κ1) is 12.2. The van der Waals surface area contributed by atoms with Crippen molar-refractivity contribution in [3.63, 3.8) is 0 Å². The summed E-state index contributed by atoms with van der Waals surface area (Å²) in [6, 6.07) is 0.590. The van der Waals surface area contributed by atoms with E-state index in [1.165, 1.54) is 12.8 Å². The Morgan fingerprint density at radius 2 is 2.20 bits per heavy atom. The van der Waals surface area contributed by atoms with Crippen molar-refractivity contribution in [2.75, 3.05) is 0 Å². The van der Waals surface area contributed by atoms with Crippen LogP contribution in [0.4, 0.5) is 0 Å². The fourth-order valence-corrected chi connectivity index (χ4v) is 1.62. The predicted molar refractivity (Wildman–Crippen MR) is 61.7 cm³/mol. The van der Waals surface area contributed by atoms with Crippen molar-refractivity contribution in [1.29, 1.82) is 0 Å². The normalized spacial score (nSPS) is 13.0. The van der Waals surface area contributed by atoms with Crippen molar-refractivity contribution in [3.8, 4) is 0 Å². The Bertz CT molecular complexity index is 270. The number of hydrogen-bond acceptors (Lipinski definition) is 3. The summed E-state index contributed by atoms with van der Waals surface area (Å²) >= 11 is 0. The summed E-state index contributed by atoms with van der Waals surface area (Å²) in [5.74, 6) is 1.77. The minimum absolute atomic E-state index is 0.590. The summed E-state index contributed by atoms with van der Waals surface area (Å²) in [7, 11) is 0. The number of nitrogens with zero attached hydrogens (tertiary/aromatic N) is 1. The lowest BCUT2D eigenvalue weighted by atomic mass is 10.1. The van der Waals surface area contributed by atoms with Crippen LogP contribution < -0.4 is 5.32 Å². The Morgan fingerprint density at radius 1 is 1.40 bits per heavy atom. The Kier molecular flexibility index (Phi) is 5.40. The van der Waals surface area contributed by atoms with Gasteiger partial charge in [-0.3, -0.25) is 0 Å². The summed E-state index contributed by atoms with van der Waals surface area (Å²) in [6.07, 6.45) is 6.33. The van der Waals surface area contributed by atoms with Crippen LogP contribution in [0.5, 0.6) is 0 Å². The monoisotopic (exact) mass is 210 g/mol. The van der Waals surface area contributed by atoms with E-state index in [-0.39, 0.29) is 0 Å². The van der Waals surface area contributed by atoms with E-state index < -0.39 is 0 Å². The fourth-order valence-electron chi connectivity index (χ4n) is 1.62. The van der Waals surface area contributed by atoms with Gasteiger partial charge in [0.25, 0.3) is 0 Å². The van der Waals surface area contributed by atoms with Gasteiger partial charge in [0.15, 0.2) is 0 Å². The molecule has 15 heavy (non-hydrogen) atoms. The van der Waals surface area contributed by atoms with Crippen LogP contribution in [0.1, 0.15) is 51.7 Å². The van der Waals surface area contributed by atoms with Crippen LogP contribution >= 0.6 is 0 Å². The van der Waals surface area contributed by atoms with Gasteiger partial charge >= 0.3 is 0 Å². The number of aromatic nitrogens is 1. The summed E-state index contributed by atoms with van der Waals surface area (Å²) in [4.78, 5) is 4.22. The molecule has 1 aromatic heterocycles. The molecule has 0 amide bonds. The van der Waals surface area contributed by atoms with Gasteiger partial charge in [-0.05, 0) is 12.8 Å². The molecule has 1 N–H and O–H groups in total. The molecule has 0 aliphatic heterocycles. The maximum atomic E-state index is 5.53. The highest BCUT2D eigenvalue weighted by molar-refractivity contribution is 4.93.